The Bertz CT molecular complexity index is 631. The molecule has 0 radical (unpaired) electrons. The van der Waals surface area contributed by atoms with Crippen molar-refractivity contribution < 1.29 is 0 Å². The highest BCUT2D eigenvalue weighted by atomic mass is 16.1. The lowest BCUT2D eigenvalue weighted by Crippen LogP contribution is -2.15. The number of hydrogen-bond acceptors (Lipinski definition) is 4. The fraction of sp³-hybridized carbons (Fsp3) is 0. The highest BCUT2D eigenvalue weighted by molar-refractivity contribution is 5.84. The predicted molar refractivity (Wildman–Crippen MR) is 43.3 cm³/mol. The first-order valence-electron chi connectivity index (χ1n) is 3.61. The van der Waals surface area contributed by atoms with E-state index in [1.165, 1.54) is 17.1 Å². The Hall–Kier alpha value is -2.18. The van der Waals surface area contributed by atoms with Crippen molar-refractivity contribution in [3.8, 4) is 0 Å². The normalized spacial score (nSPS) is 11.4. The van der Waals surface area contributed by atoms with Crippen LogP contribution in [0.4, 0.5) is 0 Å². The van der Waals surface area contributed by atoms with E-state index in [0.29, 0.717) is 16.8 Å². The van der Waals surface area contributed by atoms with Crippen molar-refractivity contribution in [3.63, 3.8) is 0 Å². The van der Waals surface area contributed by atoms with E-state index in [1.54, 1.807) is 0 Å². The maximum absolute atomic E-state index is 11.3. The quantitative estimate of drug-likeness (QED) is 0.473. The molecule has 0 unspecified atom stereocenters. The minimum atomic E-state index is -0.281. The monoisotopic (exact) mass is 176 g/mol. The number of H-pyrrole nitrogens is 2. The van der Waals surface area contributed by atoms with Crippen LogP contribution in [0.1, 0.15) is 0 Å². The molecule has 0 amide bonds. The molecule has 0 aliphatic heterocycles. The average Bonchev–Trinajstić information content (AvgIpc) is 2.66. The van der Waals surface area contributed by atoms with Crippen LogP contribution in [0.5, 0.6) is 0 Å². The van der Waals surface area contributed by atoms with Gasteiger partial charge in [0.2, 0.25) is 0 Å². The number of fused-ring (bicyclic) bond motifs is 3. The molecule has 0 atom stereocenters. The zero-order valence-corrected chi connectivity index (χ0v) is 6.35. The molecule has 3 rings (SSSR count). The molecule has 0 aliphatic carbocycles. The van der Waals surface area contributed by atoms with Gasteiger partial charge in [0.1, 0.15) is 12.0 Å². The molecule has 0 spiro atoms. The number of nitrogens with zero attached hydrogens (tertiary/aromatic N) is 4. The third-order valence-corrected chi connectivity index (χ3v) is 1.85. The summed E-state index contributed by atoms with van der Waals surface area (Å²) < 4.78 is 1.31. The minimum absolute atomic E-state index is 0.281. The summed E-state index contributed by atoms with van der Waals surface area (Å²) in [7, 11) is 0. The van der Waals surface area contributed by atoms with E-state index in [9.17, 15) is 4.79 Å². The summed E-state index contributed by atoms with van der Waals surface area (Å²) in [6, 6.07) is 0. The molecular formula is C6H4N6O. The zero-order chi connectivity index (χ0) is 8.84. The van der Waals surface area contributed by atoms with Crippen LogP contribution < -0.4 is 5.69 Å². The van der Waals surface area contributed by atoms with Gasteiger partial charge in [-0.25, -0.2) is 14.2 Å². The molecule has 0 bridgehead atoms. The Morgan fingerprint density at radius 3 is 3.31 bits per heavy atom. The topological polar surface area (TPSA) is 91.7 Å². The first-order chi connectivity index (χ1) is 6.36. The maximum atomic E-state index is 11.3. The Labute approximate surface area is 70.4 Å². The minimum Gasteiger partial charge on any atom is -0.331 e. The van der Waals surface area contributed by atoms with Crippen LogP contribution in [0.25, 0.3) is 16.8 Å². The predicted octanol–water partition coefficient (Wildman–Crippen LogP) is -0.706. The van der Waals surface area contributed by atoms with E-state index in [1.807, 2.05) is 0 Å². The summed E-state index contributed by atoms with van der Waals surface area (Å²) in [6.07, 6.45) is 2.84. The smallest absolute Gasteiger partial charge is 0.331 e. The van der Waals surface area contributed by atoms with Crippen LogP contribution >= 0.6 is 0 Å². The van der Waals surface area contributed by atoms with Crippen molar-refractivity contribution in [2.75, 3.05) is 0 Å². The Morgan fingerprint density at radius 1 is 1.46 bits per heavy atom. The summed E-state index contributed by atoms with van der Waals surface area (Å²) in [6.45, 7) is 0. The summed E-state index contributed by atoms with van der Waals surface area (Å²) in [5, 5.41) is 7.42. The van der Waals surface area contributed by atoms with Gasteiger partial charge in [0.05, 0.1) is 6.33 Å². The second kappa shape index (κ2) is 1.94. The van der Waals surface area contributed by atoms with E-state index in [0.717, 1.165) is 0 Å². The Balaban J connectivity index is 2.79. The van der Waals surface area contributed by atoms with Crippen molar-refractivity contribution in [1.82, 2.24) is 29.5 Å². The molecule has 7 heteroatoms. The van der Waals surface area contributed by atoms with Gasteiger partial charge in [0, 0.05) is 0 Å². The molecule has 0 fully saturated rings. The van der Waals surface area contributed by atoms with Crippen LogP contribution in [-0.2, 0) is 0 Å². The van der Waals surface area contributed by atoms with Gasteiger partial charge < -0.3 is 4.98 Å². The second-order valence-electron chi connectivity index (χ2n) is 2.58. The molecular weight excluding hydrogens is 172 g/mol. The van der Waals surface area contributed by atoms with Gasteiger partial charge in [-0.15, -0.1) is 10.2 Å². The van der Waals surface area contributed by atoms with Crippen molar-refractivity contribution in [1.29, 1.82) is 0 Å². The Morgan fingerprint density at radius 2 is 2.38 bits per heavy atom. The fourth-order valence-corrected chi connectivity index (χ4v) is 1.27. The number of aromatic nitrogens is 6. The number of hydrogen-bond donors (Lipinski definition) is 2. The average molecular weight is 176 g/mol. The maximum Gasteiger partial charge on any atom is 0.334 e. The summed E-state index contributed by atoms with van der Waals surface area (Å²) in [5.41, 5.74) is 1.35. The van der Waals surface area contributed by atoms with Gasteiger partial charge in [0.25, 0.3) is 0 Å². The van der Waals surface area contributed by atoms with E-state index >= 15 is 0 Å². The summed E-state index contributed by atoms with van der Waals surface area (Å²) in [5.74, 6) is 0. The third kappa shape index (κ3) is 0.675. The van der Waals surface area contributed by atoms with E-state index in [4.69, 9.17) is 0 Å². The lowest BCUT2D eigenvalue weighted by atomic mass is 10.5. The van der Waals surface area contributed by atoms with E-state index in [2.05, 4.69) is 25.1 Å². The Kier molecular flexibility index (Phi) is 0.950. The lowest BCUT2D eigenvalue weighted by molar-refractivity contribution is 1.01. The van der Waals surface area contributed by atoms with Crippen LogP contribution in [-0.4, -0.2) is 29.5 Å². The van der Waals surface area contributed by atoms with Gasteiger partial charge in [-0.1, -0.05) is 0 Å². The molecule has 0 aromatic carbocycles. The summed E-state index contributed by atoms with van der Waals surface area (Å²) in [4.78, 5) is 20.7. The molecule has 0 aliphatic rings. The van der Waals surface area contributed by atoms with Crippen molar-refractivity contribution in [3.05, 3.63) is 23.1 Å². The number of rotatable bonds is 0. The van der Waals surface area contributed by atoms with Gasteiger partial charge in [-0.2, -0.15) is 0 Å². The molecule has 7 nitrogen and oxygen atoms in total. The SMILES string of the molecule is O=c1[nH]c2[nH]cnc2c2nncn12. The molecule has 3 heterocycles. The molecule has 0 saturated carbocycles. The van der Waals surface area contributed by atoms with E-state index < -0.39 is 0 Å². The van der Waals surface area contributed by atoms with E-state index in [-0.39, 0.29) is 5.69 Å². The number of imidazole rings is 1. The summed E-state index contributed by atoms with van der Waals surface area (Å²) >= 11 is 0. The second-order valence-corrected chi connectivity index (χ2v) is 2.58. The van der Waals surface area contributed by atoms with Crippen LogP contribution in [0.2, 0.25) is 0 Å². The van der Waals surface area contributed by atoms with Gasteiger partial charge in [-0.05, 0) is 0 Å². The molecule has 3 aromatic rings. The van der Waals surface area contributed by atoms with Crippen LogP contribution in [0.3, 0.4) is 0 Å². The van der Waals surface area contributed by atoms with Gasteiger partial charge in [0.15, 0.2) is 11.2 Å². The van der Waals surface area contributed by atoms with Gasteiger partial charge in [-0.3, -0.25) is 4.98 Å². The molecule has 64 valence electrons. The van der Waals surface area contributed by atoms with Crippen molar-refractivity contribution >= 4 is 16.8 Å². The number of aromatic amines is 2. The standard InChI is InChI=1S/C6H4N6O/c13-6-10-4-3(7-1-8-4)5-11-9-2-12(5)6/h1-2H,(H,7,8)(H,10,13). The highest BCUT2D eigenvalue weighted by Crippen LogP contribution is 2.07. The van der Waals surface area contributed by atoms with Crippen molar-refractivity contribution in [2.45, 2.75) is 0 Å². The first-order valence-corrected chi connectivity index (χ1v) is 3.61. The van der Waals surface area contributed by atoms with Gasteiger partial charge >= 0.3 is 5.69 Å². The lowest BCUT2D eigenvalue weighted by Gasteiger charge is -1.90. The zero-order valence-electron chi connectivity index (χ0n) is 6.35. The highest BCUT2D eigenvalue weighted by Gasteiger charge is 2.07. The number of nitrogens with one attached hydrogen (secondary N) is 2. The van der Waals surface area contributed by atoms with Crippen molar-refractivity contribution in [2.24, 2.45) is 0 Å². The fourth-order valence-electron chi connectivity index (χ4n) is 1.27. The van der Waals surface area contributed by atoms with Crippen LogP contribution in [0.15, 0.2) is 17.4 Å². The third-order valence-electron chi connectivity index (χ3n) is 1.85. The molecule has 13 heavy (non-hydrogen) atoms. The molecule has 2 N–H and O–H groups in total. The molecule has 3 aromatic heterocycles. The largest absolute Gasteiger partial charge is 0.334 e. The first kappa shape index (κ1) is 6.35. The molecule has 0 saturated heterocycles. The van der Waals surface area contributed by atoms with Crippen LogP contribution in [0, 0.1) is 0 Å².